The van der Waals surface area contributed by atoms with Crippen LogP contribution in [0.1, 0.15) is 29.1 Å². The van der Waals surface area contributed by atoms with Gasteiger partial charge in [0.25, 0.3) is 0 Å². The molecule has 2 aromatic rings. The molecule has 18 heavy (non-hydrogen) atoms. The van der Waals surface area contributed by atoms with E-state index in [0.717, 1.165) is 13.0 Å². The quantitative estimate of drug-likeness (QED) is 0.804. The number of aromatic nitrogens is 1. The Morgan fingerprint density at radius 2 is 2.28 bits per heavy atom. The minimum absolute atomic E-state index is 0.355. The van der Waals surface area contributed by atoms with Crippen molar-refractivity contribution in [3.8, 4) is 0 Å². The van der Waals surface area contributed by atoms with Crippen LogP contribution in [0.5, 0.6) is 0 Å². The summed E-state index contributed by atoms with van der Waals surface area (Å²) in [7, 11) is 0. The molecule has 4 heteroatoms. The first-order valence-corrected chi connectivity index (χ1v) is 8.05. The Kier molecular flexibility index (Phi) is 5.14. The zero-order valence-electron chi connectivity index (χ0n) is 10.6. The summed E-state index contributed by atoms with van der Waals surface area (Å²) in [5, 5.41) is 6.80. The number of rotatable bonds is 5. The van der Waals surface area contributed by atoms with Crippen molar-refractivity contribution in [3.63, 3.8) is 0 Å². The lowest BCUT2D eigenvalue weighted by molar-refractivity contribution is 0.546. The Balaban J connectivity index is 2.26. The SMILES string of the molecule is CCNC(Cc1nccs1)c1cccc(C)c1I. The van der Waals surface area contributed by atoms with Crippen LogP contribution in [0.15, 0.2) is 29.8 Å². The van der Waals surface area contributed by atoms with Gasteiger partial charge in [-0.3, -0.25) is 0 Å². The van der Waals surface area contributed by atoms with Gasteiger partial charge in [0.1, 0.15) is 0 Å². The van der Waals surface area contributed by atoms with Crippen LogP contribution < -0.4 is 5.32 Å². The Morgan fingerprint density at radius 1 is 1.44 bits per heavy atom. The molecule has 1 atom stereocenters. The minimum atomic E-state index is 0.355. The van der Waals surface area contributed by atoms with E-state index in [1.165, 1.54) is 19.7 Å². The van der Waals surface area contributed by atoms with E-state index < -0.39 is 0 Å². The number of hydrogen-bond donors (Lipinski definition) is 1. The number of likely N-dealkylation sites (N-methyl/N-ethyl adjacent to an activating group) is 1. The van der Waals surface area contributed by atoms with Crippen molar-refractivity contribution in [3.05, 3.63) is 49.5 Å². The molecule has 0 amide bonds. The molecule has 0 bridgehead atoms. The highest BCUT2D eigenvalue weighted by atomic mass is 127. The van der Waals surface area contributed by atoms with Crippen molar-refractivity contribution in [1.82, 2.24) is 10.3 Å². The first kappa shape index (κ1) is 14.0. The Morgan fingerprint density at radius 3 is 2.94 bits per heavy atom. The molecule has 1 aromatic carbocycles. The molecule has 0 aliphatic carbocycles. The van der Waals surface area contributed by atoms with E-state index >= 15 is 0 Å². The van der Waals surface area contributed by atoms with Gasteiger partial charge >= 0.3 is 0 Å². The molecule has 0 aliphatic rings. The maximum Gasteiger partial charge on any atom is 0.0943 e. The number of halogens is 1. The molecule has 1 aromatic heterocycles. The molecule has 0 saturated carbocycles. The lowest BCUT2D eigenvalue weighted by Crippen LogP contribution is -2.24. The van der Waals surface area contributed by atoms with E-state index in [-0.39, 0.29) is 0 Å². The first-order chi connectivity index (χ1) is 8.72. The molecule has 2 rings (SSSR count). The average Bonchev–Trinajstić information content (AvgIpc) is 2.85. The molecule has 0 radical (unpaired) electrons. The summed E-state index contributed by atoms with van der Waals surface area (Å²) < 4.78 is 1.36. The Hall–Kier alpha value is -0.460. The van der Waals surface area contributed by atoms with Crippen LogP contribution in [0.4, 0.5) is 0 Å². The monoisotopic (exact) mass is 372 g/mol. The molecule has 1 unspecified atom stereocenters. The third-order valence-corrected chi connectivity index (χ3v) is 5.19. The zero-order valence-corrected chi connectivity index (χ0v) is 13.6. The fourth-order valence-electron chi connectivity index (χ4n) is 2.01. The zero-order chi connectivity index (χ0) is 13.0. The smallest absolute Gasteiger partial charge is 0.0943 e. The van der Waals surface area contributed by atoms with Crippen molar-refractivity contribution in [1.29, 1.82) is 0 Å². The molecular weight excluding hydrogens is 355 g/mol. The lowest BCUT2D eigenvalue weighted by atomic mass is 10.0. The van der Waals surface area contributed by atoms with Gasteiger partial charge in [-0.05, 0) is 47.2 Å². The van der Waals surface area contributed by atoms with Gasteiger partial charge in [0.15, 0.2) is 0 Å². The highest BCUT2D eigenvalue weighted by molar-refractivity contribution is 14.1. The predicted molar refractivity (Wildman–Crippen MR) is 86.1 cm³/mol. The first-order valence-electron chi connectivity index (χ1n) is 6.09. The third-order valence-electron chi connectivity index (χ3n) is 2.91. The maximum atomic E-state index is 4.39. The number of thiazole rings is 1. The fraction of sp³-hybridized carbons (Fsp3) is 0.357. The molecule has 0 aliphatic heterocycles. The average molecular weight is 372 g/mol. The van der Waals surface area contributed by atoms with Crippen molar-refractivity contribution in [2.45, 2.75) is 26.3 Å². The number of benzene rings is 1. The van der Waals surface area contributed by atoms with Crippen molar-refractivity contribution < 1.29 is 0 Å². The van der Waals surface area contributed by atoms with Crippen LogP contribution in [0, 0.1) is 10.5 Å². The maximum absolute atomic E-state index is 4.39. The second-order valence-electron chi connectivity index (χ2n) is 4.22. The van der Waals surface area contributed by atoms with Crippen molar-refractivity contribution in [2.75, 3.05) is 6.54 Å². The summed E-state index contributed by atoms with van der Waals surface area (Å²) in [5.41, 5.74) is 2.72. The van der Waals surface area contributed by atoms with Gasteiger partial charge < -0.3 is 5.32 Å². The van der Waals surface area contributed by atoms with Crippen molar-refractivity contribution in [2.24, 2.45) is 0 Å². The number of nitrogens with zero attached hydrogens (tertiary/aromatic N) is 1. The van der Waals surface area contributed by atoms with E-state index in [0.29, 0.717) is 6.04 Å². The van der Waals surface area contributed by atoms with E-state index in [1.54, 1.807) is 11.3 Å². The number of nitrogens with one attached hydrogen (secondary N) is 1. The summed E-state index contributed by atoms with van der Waals surface area (Å²) in [6, 6.07) is 6.87. The highest BCUT2D eigenvalue weighted by Crippen LogP contribution is 2.26. The van der Waals surface area contributed by atoms with E-state index in [4.69, 9.17) is 0 Å². The second kappa shape index (κ2) is 6.63. The normalized spacial score (nSPS) is 12.6. The summed E-state index contributed by atoms with van der Waals surface area (Å²) in [6.07, 6.45) is 2.84. The van der Waals surface area contributed by atoms with Crippen LogP contribution in [0.25, 0.3) is 0 Å². The van der Waals surface area contributed by atoms with E-state index in [9.17, 15) is 0 Å². The molecular formula is C14H17IN2S. The molecule has 0 spiro atoms. The molecule has 1 heterocycles. The van der Waals surface area contributed by atoms with E-state index in [1.807, 2.05) is 11.6 Å². The standard InChI is InChI=1S/C14H17IN2S/c1-3-16-12(9-13-17-7-8-18-13)11-6-4-5-10(2)14(11)15/h4-8,12,16H,3,9H2,1-2H3. The largest absolute Gasteiger partial charge is 0.310 e. The van der Waals surface area contributed by atoms with Crippen LogP contribution in [0.3, 0.4) is 0 Å². The third kappa shape index (κ3) is 3.30. The summed E-state index contributed by atoms with van der Waals surface area (Å²) in [5.74, 6) is 0. The van der Waals surface area contributed by atoms with Gasteiger partial charge in [-0.25, -0.2) is 4.98 Å². The molecule has 96 valence electrons. The summed E-state index contributed by atoms with van der Waals surface area (Å²) in [4.78, 5) is 4.39. The van der Waals surface area contributed by atoms with Gasteiger partial charge in [0, 0.05) is 27.6 Å². The molecule has 0 saturated heterocycles. The summed E-state index contributed by atoms with van der Waals surface area (Å²) in [6.45, 7) is 5.29. The minimum Gasteiger partial charge on any atom is -0.310 e. The lowest BCUT2D eigenvalue weighted by Gasteiger charge is -2.19. The fourth-order valence-corrected chi connectivity index (χ4v) is 3.41. The Bertz CT molecular complexity index is 497. The topological polar surface area (TPSA) is 24.9 Å². The van der Waals surface area contributed by atoms with Gasteiger partial charge in [0.05, 0.1) is 5.01 Å². The van der Waals surface area contributed by atoms with Gasteiger partial charge in [0.2, 0.25) is 0 Å². The second-order valence-corrected chi connectivity index (χ2v) is 6.28. The molecule has 1 N–H and O–H groups in total. The molecule has 0 fully saturated rings. The van der Waals surface area contributed by atoms with Crippen LogP contribution in [-0.2, 0) is 6.42 Å². The predicted octanol–water partition coefficient (Wildman–Crippen LogP) is 3.95. The number of aryl methyl sites for hydroxylation is 1. The number of hydrogen-bond acceptors (Lipinski definition) is 3. The van der Waals surface area contributed by atoms with Gasteiger partial charge in [-0.1, -0.05) is 25.1 Å². The van der Waals surface area contributed by atoms with Crippen molar-refractivity contribution >= 4 is 33.9 Å². The van der Waals surface area contributed by atoms with Crippen LogP contribution >= 0.6 is 33.9 Å². The van der Waals surface area contributed by atoms with E-state index in [2.05, 4.69) is 64.9 Å². The van der Waals surface area contributed by atoms with Gasteiger partial charge in [-0.2, -0.15) is 0 Å². The van der Waals surface area contributed by atoms with Gasteiger partial charge in [-0.15, -0.1) is 11.3 Å². The molecule has 2 nitrogen and oxygen atoms in total. The van der Waals surface area contributed by atoms with Crippen LogP contribution in [-0.4, -0.2) is 11.5 Å². The Labute approximate surface area is 126 Å². The summed E-state index contributed by atoms with van der Waals surface area (Å²) >= 11 is 4.17. The highest BCUT2D eigenvalue weighted by Gasteiger charge is 2.16. The van der Waals surface area contributed by atoms with Crippen LogP contribution in [0.2, 0.25) is 0 Å².